The molecule has 0 fully saturated rings. The molecule has 3 N–H and O–H groups in total. The number of H-pyrrole nitrogens is 1. The number of carbonyl (C=O) groups is 1. The number of nitrogens with one attached hydrogen (secondary N) is 3. The van der Waals surface area contributed by atoms with Crippen LogP contribution in [0, 0.1) is 5.82 Å². The second-order valence-electron chi connectivity index (χ2n) is 8.11. The zero-order chi connectivity index (χ0) is 24.2. The van der Waals surface area contributed by atoms with Crippen molar-refractivity contribution in [2.45, 2.75) is 5.92 Å². The molecule has 5 rings (SSSR count). The van der Waals surface area contributed by atoms with Crippen LogP contribution >= 0.6 is 11.6 Å². The van der Waals surface area contributed by atoms with Gasteiger partial charge in [0.15, 0.2) is 0 Å². The van der Waals surface area contributed by atoms with E-state index in [4.69, 9.17) is 11.6 Å². The first-order valence-electron chi connectivity index (χ1n) is 11.2. The smallest absolute Gasteiger partial charge is 0.255 e. The number of halogens is 2. The minimum absolute atomic E-state index is 0.180. The molecule has 3 aromatic carbocycles. The quantitative estimate of drug-likeness (QED) is 0.242. The lowest BCUT2D eigenvalue weighted by atomic mass is 9.90. The molecule has 2 aromatic heterocycles. The van der Waals surface area contributed by atoms with Crippen molar-refractivity contribution >= 4 is 39.9 Å². The highest BCUT2D eigenvalue weighted by Gasteiger charge is 2.22. The molecule has 1 amide bonds. The summed E-state index contributed by atoms with van der Waals surface area (Å²) in [7, 11) is 0. The van der Waals surface area contributed by atoms with Gasteiger partial charge in [-0.1, -0.05) is 54.1 Å². The molecule has 7 heteroatoms. The molecule has 0 saturated heterocycles. The average molecular weight is 485 g/mol. The van der Waals surface area contributed by atoms with Gasteiger partial charge in [-0.3, -0.25) is 4.79 Å². The third kappa shape index (κ3) is 4.88. The van der Waals surface area contributed by atoms with Crippen molar-refractivity contribution < 1.29 is 9.18 Å². The van der Waals surface area contributed by atoms with Gasteiger partial charge in [-0.2, -0.15) is 0 Å². The number of nitrogens with zero attached hydrogens (tertiary/aromatic N) is 1. The van der Waals surface area contributed by atoms with Crippen molar-refractivity contribution in [3.05, 3.63) is 125 Å². The van der Waals surface area contributed by atoms with Crippen LogP contribution in [0.5, 0.6) is 0 Å². The second kappa shape index (κ2) is 9.99. The van der Waals surface area contributed by atoms with E-state index in [1.807, 2.05) is 48.7 Å². The summed E-state index contributed by atoms with van der Waals surface area (Å²) in [5.74, 6) is -0.510. The Bertz CT molecular complexity index is 1500. The lowest BCUT2D eigenvalue weighted by Gasteiger charge is -2.20. The summed E-state index contributed by atoms with van der Waals surface area (Å²) < 4.78 is 13.6. The van der Waals surface area contributed by atoms with E-state index in [-0.39, 0.29) is 17.6 Å². The molecule has 174 valence electrons. The van der Waals surface area contributed by atoms with Crippen molar-refractivity contribution in [1.29, 1.82) is 0 Å². The number of amides is 1. The third-order valence-corrected chi connectivity index (χ3v) is 6.23. The Kier molecular flexibility index (Phi) is 6.46. The Morgan fingerprint density at radius 2 is 1.80 bits per heavy atom. The van der Waals surface area contributed by atoms with Gasteiger partial charge in [-0.25, -0.2) is 9.37 Å². The number of pyridine rings is 1. The van der Waals surface area contributed by atoms with E-state index in [9.17, 15) is 9.18 Å². The van der Waals surface area contributed by atoms with E-state index in [2.05, 4.69) is 26.7 Å². The molecule has 0 saturated carbocycles. The first-order valence-corrected chi connectivity index (χ1v) is 11.5. The summed E-state index contributed by atoms with van der Waals surface area (Å²) in [6.45, 7) is 0.318. The number of anilines is 2. The minimum Gasteiger partial charge on any atom is -0.361 e. The molecule has 0 bridgehead atoms. The average Bonchev–Trinajstić information content (AvgIpc) is 3.29. The summed E-state index contributed by atoms with van der Waals surface area (Å²) in [5, 5.41) is 7.79. The van der Waals surface area contributed by atoms with Gasteiger partial charge in [0, 0.05) is 46.5 Å². The van der Waals surface area contributed by atoms with Gasteiger partial charge < -0.3 is 15.6 Å². The van der Waals surface area contributed by atoms with Gasteiger partial charge in [-0.15, -0.1) is 0 Å². The Labute approximate surface area is 207 Å². The molecule has 35 heavy (non-hydrogen) atoms. The summed E-state index contributed by atoms with van der Waals surface area (Å²) in [4.78, 5) is 20.9. The molecule has 5 nitrogen and oxygen atoms in total. The van der Waals surface area contributed by atoms with Crippen molar-refractivity contribution in [1.82, 2.24) is 15.3 Å². The van der Waals surface area contributed by atoms with Crippen LogP contribution in [0.4, 0.5) is 15.9 Å². The monoisotopic (exact) mass is 484 g/mol. The number of carbonyl (C=O) groups excluding carboxylic acids is 1. The third-order valence-electron chi connectivity index (χ3n) is 5.88. The molecule has 5 aromatic rings. The van der Waals surface area contributed by atoms with Gasteiger partial charge in [0.2, 0.25) is 0 Å². The molecular weight excluding hydrogens is 463 g/mol. The van der Waals surface area contributed by atoms with Crippen LogP contribution in [0.3, 0.4) is 0 Å². The molecule has 0 spiro atoms. The Morgan fingerprint density at radius 1 is 0.971 bits per heavy atom. The predicted molar refractivity (Wildman–Crippen MR) is 138 cm³/mol. The SMILES string of the molecule is O=C(NCC(c1ccccc1Cl)c1c[nH]c2ccccc12)c1cccnc1Nc1cccc(F)c1. The number of rotatable bonds is 7. The number of fused-ring (bicyclic) bond motifs is 1. The Balaban J connectivity index is 1.43. The van der Waals surface area contributed by atoms with E-state index in [0.29, 0.717) is 28.6 Å². The topological polar surface area (TPSA) is 69.8 Å². The van der Waals surface area contributed by atoms with Gasteiger partial charge >= 0.3 is 0 Å². The highest BCUT2D eigenvalue weighted by atomic mass is 35.5. The first kappa shape index (κ1) is 22.6. The minimum atomic E-state index is -0.377. The largest absolute Gasteiger partial charge is 0.361 e. The van der Waals surface area contributed by atoms with Gasteiger partial charge in [0.1, 0.15) is 11.6 Å². The summed E-state index contributed by atoms with van der Waals surface area (Å²) in [5.41, 5.74) is 3.83. The zero-order valence-electron chi connectivity index (χ0n) is 18.6. The molecule has 0 radical (unpaired) electrons. The van der Waals surface area contributed by atoms with Crippen LogP contribution in [-0.2, 0) is 0 Å². The number of hydrogen-bond donors (Lipinski definition) is 3. The van der Waals surface area contributed by atoms with Crippen molar-refractivity contribution in [2.24, 2.45) is 0 Å². The number of aromatic nitrogens is 2. The second-order valence-corrected chi connectivity index (χ2v) is 8.52. The molecule has 0 aliphatic carbocycles. The van der Waals surface area contributed by atoms with Crippen LogP contribution in [0.15, 0.2) is 97.3 Å². The standard InChI is InChI=1S/C28H22ClFN4O/c29-25-12-3-1-9-20(25)23(24-16-32-26-13-4-2-10-21(24)26)17-33-28(35)22-11-6-14-31-27(22)34-19-8-5-7-18(30)15-19/h1-16,23,32H,17H2,(H,31,34)(H,33,35). The Morgan fingerprint density at radius 3 is 2.66 bits per heavy atom. The molecule has 2 heterocycles. The normalized spacial score (nSPS) is 11.8. The maximum Gasteiger partial charge on any atom is 0.255 e. The maximum absolute atomic E-state index is 13.6. The van der Waals surface area contributed by atoms with Gasteiger partial charge in [0.05, 0.1) is 5.56 Å². The highest BCUT2D eigenvalue weighted by Crippen LogP contribution is 2.34. The molecule has 0 aliphatic heterocycles. The van der Waals surface area contributed by atoms with E-state index in [1.165, 1.54) is 12.1 Å². The fourth-order valence-electron chi connectivity index (χ4n) is 4.21. The van der Waals surface area contributed by atoms with E-state index in [0.717, 1.165) is 22.0 Å². The fraction of sp³-hybridized carbons (Fsp3) is 0.0714. The number of hydrogen-bond acceptors (Lipinski definition) is 3. The molecular formula is C28H22ClFN4O. The fourth-order valence-corrected chi connectivity index (χ4v) is 4.48. The van der Waals surface area contributed by atoms with E-state index in [1.54, 1.807) is 30.5 Å². The van der Waals surface area contributed by atoms with E-state index < -0.39 is 0 Å². The van der Waals surface area contributed by atoms with Crippen molar-refractivity contribution in [3.63, 3.8) is 0 Å². The summed E-state index contributed by atoms with van der Waals surface area (Å²) in [6, 6.07) is 25.1. The van der Waals surface area contributed by atoms with Gasteiger partial charge in [-0.05, 0) is 53.6 Å². The van der Waals surface area contributed by atoms with Crippen LogP contribution in [0.25, 0.3) is 10.9 Å². The van der Waals surface area contributed by atoms with Gasteiger partial charge in [0.25, 0.3) is 5.91 Å². The predicted octanol–water partition coefficient (Wildman–Crippen LogP) is 6.66. The van der Waals surface area contributed by atoms with Crippen molar-refractivity contribution in [2.75, 3.05) is 11.9 Å². The Hall–Kier alpha value is -4.16. The zero-order valence-corrected chi connectivity index (χ0v) is 19.4. The van der Waals surface area contributed by atoms with E-state index >= 15 is 0 Å². The van der Waals surface area contributed by atoms with Crippen molar-refractivity contribution in [3.8, 4) is 0 Å². The highest BCUT2D eigenvalue weighted by molar-refractivity contribution is 6.31. The molecule has 0 aliphatic rings. The first-order chi connectivity index (χ1) is 17.1. The number of para-hydroxylation sites is 1. The van der Waals surface area contributed by atoms with Crippen LogP contribution in [0.2, 0.25) is 5.02 Å². The number of benzene rings is 3. The molecule has 1 atom stereocenters. The van der Waals surface area contributed by atoms with Crippen LogP contribution in [-0.4, -0.2) is 22.4 Å². The molecule has 1 unspecified atom stereocenters. The van der Waals surface area contributed by atoms with Crippen LogP contribution in [0.1, 0.15) is 27.4 Å². The maximum atomic E-state index is 13.6. The lowest BCUT2D eigenvalue weighted by molar-refractivity contribution is 0.0953. The number of aromatic amines is 1. The lowest BCUT2D eigenvalue weighted by Crippen LogP contribution is -2.29. The van der Waals surface area contributed by atoms with Crippen LogP contribution < -0.4 is 10.6 Å². The summed E-state index contributed by atoms with van der Waals surface area (Å²) >= 11 is 6.57. The summed E-state index contributed by atoms with van der Waals surface area (Å²) in [6.07, 6.45) is 3.54.